The molecule has 3 heteroatoms. The van der Waals surface area contributed by atoms with Crippen molar-refractivity contribution in [1.82, 2.24) is 4.90 Å². The highest BCUT2D eigenvalue weighted by Gasteiger charge is 2.65. The first-order valence-corrected chi connectivity index (χ1v) is 6.00. The molecule has 0 amide bonds. The second kappa shape index (κ2) is 2.76. The van der Waals surface area contributed by atoms with Crippen LogP contribution < -0.4 is 0 Å². The molecule has 0 bridgehead atoms. The van der Waals surface area contributed by atoms with Crippen LogP contribution >= 0.6 is 0 Å². The summed E-state index contributed by atoms with van der Waals surface area (Å²) in [5, 5.41) is 9.17. The topological polar surface area (TPSA) is 40.5 Å². The van der Waals surface area contributed by atoms with E-state index in [0.29, 0.717) is 11.3 Å². The summed E-state index contributed by atoms with van der Waals surface area (Å²) in [6.07, 6.45) is 4.94. The van der Waals surface area contributed by atoms with Crippen molar-refractivity contribution in [2.45, 2.75) is 32.6 Å². The monoisotopic (exact) mass is 209 g/mol. The van der Waals surface area contributed by atoms with Crippen LogP contribution in [-0.2, 0) is 4.79 Å². The van der Waals surface area contributed by atoms with Gasteiger partial charge in [0, 0.05) is 19.6 Å². The Kier molecular flexibility index (Phi) is 1.77. The second-order valence-electron chi connectivity index (χ2n) is 6.20. The molecule has 3 rings (SSSR count). The maximum Gasteiger partial charge on any atom is 0.311 e. The first-order chi connectivity index (χ1) is 7.04. The van der Waals surface area contributed by atoms with Crippen molar-refractivity contribution in [2.75, 3.05) is 19.6 Å². The van der Waals surface area contributed by atoms with E-state index in [4.69, 9.17) is 0 Å². The molecule has 2 saturated carbocycles. The molecule has 3 fully saturated rings. The summed E-state index contributed by atoms with van der Waals surface area (Å²) in [6, 6.07) is 0. The van der Waals surface area contributed by atoms with E-state index >= 15 is 0 Å². The molecule has 0 spiro atoms. The highest BCUT2D eigenvalue weighted by Crippen LogP contribution is 2.58. The molecule has 2 atom stereocenters. The van der Waals surface area contributed by atoms with Crippen molar-refractivity contribution in [2.24, 2.45) is 16.7 Å². The maximum absolute atomic E-state index is 11.1. The third-order valence-corrected chi connectivity index (χ3v) is 4.81. The number of rotatable bonds is 3. The summed E-state index contributed by atoms with van der Waals surface area (Å²) in [6.45, 7) is 5.30. The lowest BCUT2D eigenvalue weighted by molar-refractivity contribution is -0.143. The smallest absolute Gasteiger partial charge is 0.311 e. The Morgan fingerprint density at radius 3 is 2.73 bits per heavy atom. The fourth-order valence-corrected chi connectivity index (χ4v) is 3.52. The number of fused-ring (bicyclic) bond motifs is 1. The number of likely N-dealkylation sites (tertiary alicyclic amines) is 1. The molecule has 2 unspecified atom stereocenters. The Hall–Kier alpha value is -0.570. The van der Waals surface area contributed by atoms with Gasteiger partial charge in [0.15, 0.2) is 0 Å². The molecular formula is C12H19NO2. The zero-order chi connectivity index (χ0) is 10.7. The number of hydrogen-bond acceptors (Lipinski definition) is 2. The van der Waals surface area contributed by atoms with E-state index in [9.17, 15) is 9.90 Å². The van der Waals surface area contributed by atoms with Gasteiger partial charge in [-0.3, -0.25) is 4.79 Å². The van der Waals surface area contributed by atoms with Crippen molar-refractivity contribution < 1.29 is 9.90 Å². The number of hydrogen-bond donors (Lipinski definition) is 1. The first-order valence-electron chi connectivity index (χ1n) is 6.00. The summed E-state index contributed by atoms with van der Waals surface area (Å²) in [5.74, 6) is -0.104. The van der Waals surface area contributed by atoms with E-state index in [1.165, 1.54) is 19.3 Å². The number of piperidine rings is 1. The van der Waals surface area contributed by atoms with Gasteiger partial charge >= 0.3 is 5.97 Å². The van der Waals surface area contributed by atoms with Crippen molar-refractivity contribution >= 4 is 5.97 Å². The molecule has 84 valence electrons. The number of aliphatic carboxylic acids is 1. The molecule has 1 saturated heterocycles. The van der Waals surface area contributed by atoms with Gasteiger partial charge in [-0.2, -0.15) is 0 Å². The zero-order valence-corrected chi connectivity index (χ0v) is 9.33. The molecule has 0 aromatic rings. The molecule has 0 aromatic heterocycles. The Balaban J connectivity index is 1.61. The fourth-order valence-electron chi connectivity index (χ4n) is 3.52. The van der Waals surface area contributed by atoms with Gasteiger partial charge in [-0.15, -0.1) is 0 Å². The number of carboxylic acids is 1. The Bertz CT molecular complexity index is 311. The van der Waals surface area contributed by atoms with E-state index < -0.39 is 5.97 Å². The molecule has 1 aliphatic heterocycles. The predicted molar refractivity (Wildman–Crippen MR) is 56.6 cm³/mol. The summed E-state index contributed by atoms with van der Waals surface area (Å²) in [4.78, 5) is 13.5. The van der Waals surface area contributed by atoms with Gasteiger partial charge in [0.1, 0.15) is 0 Å². The van der Waals surface area contributed by atoms with Gasteiger partial charge in [-0.25, -0.2) is 0 Å². The SMILES string of the molecule is CC1(CN2CC3CC3(C(=O)O)C2)CCC1. The minimum atomic E-state index is -0.561. The standard InChI is InChI=1S/C12H19NO2/c1-11(3-2-4-11)7-13-6-9-5-12(9,8-13)10(14)15/h9H,2-8H2,1H3,(H,14,15). The van der Waals surface area contributed by atoms with Crippen LogP contribution in [0, 0.1) is 16.7 Å². The van der Waals surface area contributed by atoms with E-state index in [1.807, 2.05) is 0 Å². The molecule has 3 aliphatic rings. The molecule has 3 nitrogen and oxygen atoms in total. The quantitative estimate of drug-likeness (QED) is 0.767. The molecule has 15 heavy (non-hydrogen) atoms. The van der Waals surface area contributed by atoms with Gasteiger partial charge in [0.25, 0.3) is 0 Å². The highest BCUT2D eigenvalue weighted by atomic mass is 16.4. The summed E-state index contributed by atoms with van der Waals surface area (Å²) in [5.41, 5.74) is 0.163. The lowest BCUT2D eigenvalue weighted by Gasteiger charge is -2.41. The van der Waals surface area contributed by atoms with Crippen molar-refractivity contribution in [1.29, 1.82) is 0 Å². The first kappa shape index (κ1) is 9.64. The molecule has 0 aromatic carbocycles. The van der Waals surface area contributed by atoms with Crippen LogP contribution in [0.15, 0.2) is 0 Å². The van der Waals surface area contributed by atoms with E-state index in [0.717, 1.165) is 26.1 Å². The molecule has 0 radical (unpaired) electrons. The molecule has 1 heterocycles. The zero-order valence-electron chi connectivity index (χ0n) is 9.33. The van der Waals surface area contributed by atoms with E-state index in [-0.39, 0.29) is 5.41 Å². The second-order valence-corrected chi connectivity index (χ2v) is 6.20. The number of carbonyl (C=O) groups is 1. The van der Waals surface area contributed by atoms with Crippen LogP contribution in [-0.4, -0.2) is 35.6 Å². The van der Waals surface area contributed by atoms with Crippen LogP contribution in [0.3, 0.4) is 0 Å². The lowest BCUT2D eigenvalue weighted by Crippen LogP contribution is -2.41. The predicted octanol–water partition coefficient (Wildman–Crippen LogP) is 1.58. The lowest BCUT2D eigenvalue weighted by atomic mass is 9.70. The Morgan fingerprint density at radius 2 is 2.27 bits per heavy atom. The van der Waals surface area contributed by atoms with Crippen LogP contribution in [0.1, 0.15) is 32.6 Å². The van der Waals surface area contributed by atoms with Crippen LogP contribution in [0.25, 0.3) is 0 Å². The maximum atomic E-state index is 11.1. The van der Waals surface area contributed by atoms with Crippen LogP contribution in [0.4, 0.5) is 0 Å². The summed E-state index contributed by atoms with van der Waals surface area (Å²) < 4.78 is 0. The Morgan fingerprint density at radius 1 is 1.53 bits per heavy atom. The largest absolute Gasteiger partial charge is 0.481 e. The van der Waals surface area contributed by atoms with Gasteiger partial charge < -0.3 is 10.0 Å². The molecule has 1 N–H and O–H groups in total. The third-order valence-electron chi connectivity index (χ3n) is 4.81. The molecule has 2 aliphatic carbocycles. The fraction of sp³-hybridized carbons (Fsp3) is 0.917. The van der Waals surface area contributed by atoms with E-state index in [2.05, 4.69) is 11.8 Å². The van der Waals surface area contributed by atoms with Crippen molar-refractivity contribution in [3.63, 3.8) is 0 Å². The van der Waals surface area contributed by atoms with Crippen molar-refractivity contribution in [3.05, 3.63) is 0 Å². The van der Waals surface area contributed by atoms with Crippen LogP contribution in [0.2, 0.25) is 0 Å². The third kappa shape index (κ3) is 1.32. The minimum Gasteiger partial charge on any atom is -0.481 e. The van der Waals surface area contributed by atoms with E-state index in [1.54, 1.807) is 0 Å². The summed E-state index contributed by atoms with van der Waals surface area (Å²) >= 11 is 0. The average molecular weight is 209 g/mol. The van der Waals surface area contributed by atoms with Gasteiger partial charge in [-0.1, -0.05) is 13.3 Å². The Labute approximate surface area is 90.5 Å². The van der Waals surface area contributed by atoms with Gasteiger partial charge in [-0.05, 0) is 30.6 Å². The van der Waals surface area contributed by atoms with Gasteiger partial charge in [0.2, 0.25) is 0 Å². The summed E-state index contributed by atoms with van der Waals surface area (Å²) in [7, 11) is 0. The minimum absolute atomic E-state index is 0.333. The number of nitrogens with zero attached hydrogens (tertiary/aromatic N) is 1. The van der Waals surface area contributed by atoms with Gasteiger partial charge in [0.05, 0.1) is 5.41 Å². The van der Waals surface area contributed by atoms with Crippen LogP contribution in [0.5, 0.6) is 0 Å². The highest BCUT2D eigenvalue weighted by molar-refractivity contribution is 5.79. The molecular weight excluding hydrogens is 190 g/mol. The normalized spacial score (nSPS) is 42.1. The average Bonchev–Trinajstić information content (AvgIpc) is 2.68. The van der Waals surface area contributed by atoms with Crippen molar-refractivity contribution in [3.8, 4) is 0 Å². The number of carboxylic acid groups (broad SMARTS) is 1.